The lowest BCUT2D eigenvalue weighted by molar-refractivity contribution is 0.693. The lowest BCUT2D eigenvalue weighted by Gasteiger charge is -2.34. The van der Waals surface area contributed by atoms with Crippen LogP contribution < -0.4 is 45.9 Å². The van der Waals surface area contributed by atoms with E-state index in [0.717, 1.165) is 89.3 Å². The average molecular weight is 1200 g/mol. The molecule has 0 unspecified atom stereocenters. The fourth-order valence-electron chi connectivity index (χ4n) is 12.1. The van der Waals surface area contributed by atoms with Crippen molar-refractivity contribution < 1.29 is 0 Å². The zero-order valence-electron chi connectivity index (χ0n) is 51.8. The Morgan fingerprint density at radius 2 is 0.467 bits per heavy atom. The van der Waals surface area contributed by atoms with Crippen LogP contribution in [0.4, 0.5) is 45.5 Å². The molecule has 92 heavy (non-hydrogen) atoms. The summed E-state index contributed by atoms with van der Waals surface area (Å²) in [7, 11) is 0. The van der Waals surface area contributed by atoms with Crippen LogP contribution in [0.3, 0.4) is 0 Å². The maximum Gasteiger partial charge on any atom is 0.0464 e. The molecule has 0 bridgehead atoms. The van der Waals surface area contributed by atoms with Gasteiger partial charge in [-0.25, -0.2) is 0 Å². The summed E-state index contributed by atoms with van der Waals surface area (Å²) in [6, 6.07) is 110. The third-order valence-corrected chi connectivity index (χ3v) is 17.5. The second-order valence-electron chi connectivity index (χ2n) is 23.3. The summed E-state index contributed by atoms with van der Waals surface area (Å²) in [4.78, 5) is 0. The van der Waals surface area contributed by atoms with Crippen molar-refractivity contribution in [3.05, 3.63) is 361 Å². The third-order valence-electron chi connectivity index (χ3n) is 17.5. The van der Waals surface area contributed by atoms with Crippen LogP contribution in [0.5, 0.6) is 0 Å². The molecular formula is C84H76N8. The summed E-state index contributed by atoms with van der Waals surface area (Å²) in [5.74, 6) is 0. The van der Waals surface area contributed by atoms with Gasteiger partial charge in [-0.1, -0.05) is 243 Å². The van der Waals surface area contributed by atoms with Crippen molar-refractivity contribution >= 4 is 67.0 Å². The lowest BCUT2D eigenvalue weighted by atomic mass is 9.69. The van der Waals surface area contributed by atoms with Crippen molar-refractivity contribution in [3.8, 4) is 44.5 Å². The Kier molecular flexibility index (Phi) is 18.5. The minimum absolute atomic E-state index is 0.501. The van der Waals surface area contributed by atoms with Crippen LogP contribution in [0.1, 0.15) is 47.2 Å². The van der Waals surface area contributed by atoms with Crippen molar-refractivity contribution in [1.82, 2.24) is 0 Å². The minimum Gasteiger partial charge on any atom is -0.399 e. The first-order valence-corrected chi connectivity index (χ1v) is 30.7. The van der Waals surface area contributed by atoms with Gasteiger partial charge in [-0.05, 0) is 176 Å². The summed E-state index contributed by atoms with van der Waals surface area (Å²) in [6.07, 6.45) is 0. The lowest BCUT2D eigenvalue weighted by Crippen LogP contribution is -2.28. The molecular weight excluding hydrogens is 1120 g/mol. The molecule has 0 amide bonds. The number of nitrogens with two attached hydrogens (primary N) is 8. The van der Waals surface area contributed by atoms with Crippen molar-refractivity contribution in [3.63, 3.8) is 0 Å². The Morgan fingerprint density at radius 3 is 0.804 bits per heavy atom. The van der Waals surface area contributed by atoms with E-state index < -0.39 is 10.8 Å². The zero-order chi connectivity index (χ0) is 64.2. The molecule has 0 spiro atoms. The van der Waals surface area contributed by atoms with E-state index in [1.54, 1.807) is 0 Å². The van der Waals surface area contributed by atoms with Gasteiger partial charge < -0.3 is 45.9 Å². The van der Waals surface area contributed by atoms with E-state index in [0.29, 0.717) is 34.1 Å². The van der Waals surface area contributed by atoms with Crippen LogP contribution >= 0.6 is 0 Å². The standard InChI is InChI=1S/2C32H30N4.2C10H8/c1-32(21-9-3-2-4-10-21,22-15-17-30(35)26(19-22)24-11-5-7-13-28(24)33)23-16-18-31(36)27(20-23)25-12-6-8-14-29(25)34;1-32(25-5-3-2-4-6-25,28-19-23(11-17-30(28)35)21-7-13-26(33)14-8-21)29-20-24(12-18-31(29)36)22-9-15-27(34)16-10-22;2*1-2-6-10-8-4-3-7-9(10)5-1/h2*2-20H,33-36H2,1H3;2*1-8H. The van der Waals surface area contributed by atoms with Crippen molar-refractivity contribution in [2.75, 3.05) is 45.9 Å². The number of anilines is 8. The van der Waals surface area contributed by atoms with Crippen molar-refractivity contribution in [2.24, 2.45) is 0 Å². The van der Waals surface area contributed by atoms with Gasteiger partial charge in [0.2, 0.25) is 0 Å². The van der Waals surface area contributed by atoms with Gasteiger partial charge in [0.1, 0.15) is 0 Å². The fraction of sp³-hybridized carbons (Fsp3) is 0.0476. The van der Waals surface area contributed by atoms with E-state index in [4.69, 9.17) is 45.9 Å². The summed E-state index contributed by atoms with van der Waals surface area (Å²) in [5.41, 5.74) is 69.7. The van der Waals surface area contributed by atoms with Crippen LogP contribution in [0, 0.1) is 0 Å². The molecule has 8 nitrogen and oxygen atoms in total. The molecule has 0 aliphatic carbocycles. The number of hydrogen-bond donors (Lipinski definition) is 8. The van der Waals surface area contributed by atoms with Gasteiger partial charge in [0, 0.05) is 78.6 Å². The highest BCUT2D eigenvalue weighted by atomic mass is 14.6. The van der Waals surface area contributed by atoms with Crippen molar-refractivity contribution in [1.29, 1.82) is 0 Å². The van der Waals surface area contributed by atoms with E-state index in [2.05, 4.69) is 184 Å². The van der Waals surface area contributed by atoms with Gasteiger partial charge in [-0.2, -0.15) is 0 Å². The highest BCUT2D eigenvalue weighted by Gasteiger charge is 2.36. The van der Waals surface area contributed by atoms with Crippen LogP contribution in [-0.4, -0.2) is 0 Å². The maximum absolute atomic E-state index is 6.69. The highest BCUT2D eigenvalue weighted by Crippen LogP contribution is 2.47. The van der Waals surface area contributed by atoms with Gasteiger partial charge in [0.05, 0.1) is 0 Å². The smallest absolute Gasteiger partial charge is 0.0464 e. The normalized spacial score (nSPS) is 11.1. The monoisotopic (exact) mass is 1200 g/mol. The number of benzene rings is 14. The molecule has 0 radical (unpaired) electrons. The number of hydrogen-bond acceptors (Lipinski definition) is 8. The summed E-state index contributed by atoms with van der Waals surface area (Å²) in [5, 5.41) is 5.24. The van der Waals surface area contributed by atoms with E-state index in [1.165, 1.54) is 21.5 Å². The van der Waals surface area contributed by atoms with Gasteiger partial charge in [-0.15, -0.1) is 0 Å². The zero-order valence-corrected chi connectivity index (χ0v) is 51.8. The fourth-order valence-corrected chi connectivity index (χ4v) is 12.1. The third kappa shape index (κ3) is 13.4. The van der Waals surface area contributed by atoms with Crippen LogP contribution in [0.25, 0.3) is 66.1 Å². The largest absolute Gasteiger partial charge is 0.399 e. The van der Waals surface area contributed by atoms with Gasteiger partial charge in [-0.3, -0.25) is 0 Å². The molecule has 0 aliphatic heterocycles. The van der Waals surface area contributed by atoms with Gasteiger partial charge in [0.25, 0.3) is 0 Å². The Morgan fingerprint density at radius 1 is 0.196 bits per heavy atom. The predicted octanol–water partition coefficient (Wildman–Crippen LogP) is 19.1. The molecule has 14 rings (SSSR count). The van der Waals surface area contributed by atoms with Crippen LogP contribution in [0.15, 0.2) is 328 Å². The Balaban J connectivity index is 0.000000144. The quantitative estimate of drug-likeness (QED) is 0.0487. The van der Waals surface area contributed by atoms with Crippen LogP contribution in [0.2, 0.25) is 0 Å². The molecule has 14 aromatic carbocycles. The first kappa shape index (κ1) is 61.6. The molecule has 0 aromatic heterocycles. The second-order valence-corrected chi connectivity index (χ2v) is 23.3. The molecule has 16 N–H and O–H groups in total. The molecule has 0 aliphatic rings. The first-order chi connectivity index (χ1) is 44.7. The van der Waals surface area contributed by atoms with Gasteiger partial charge in [0.15, 0.2) is 0 Å². The second kappa shape index (κ2) is 27.6. The van der Waals surface area contributed by atoms with E-state index in [1.807, 2.05) is 158 Å². The molecule has 8 heteroatoms. The predicted molar refractivity (Wildman–Crippen MR) is 395 cm³/mol. The molecule has 0 atom stereocenters. The van der Waals surface area contributed by atoms with Gasteiger partial charge >= 0.3 is 0 Å². The number of nitrogen functional groups attached to an aromatic ring is 8. The molecule has 0 saturated carbocycles. The molecule has 0 saturated heterocycles. The Hall–Kier alpha value is -12.0. The molecule has 452 valence electrons. The SMILES string of the molecule is CC(c1ccccc1)(c1cc(-c2ccc(N)cc2)ccc1N)c1cc(-c2ccc(N)cc2)ccc1N.CC(c1ccccc1)(c1ccc(N)c(-c2ccccc2N)c1)c1ccc(N)c(-c2ccccc2N)c1.c1ccc2ccccc2c1.c1ccc2ccccc2c1. The number of fused-ring (bicyclic) bond motifs is 2. The van der Waals surface area contributed by atoms with Crippen LogP contribution in [-0.2, 0) is 10.8 Å². The topological polar surface area (TPSA) is 208 Å². The highest BCUT2D eigenvalue weighted by molar-refractivity contribution is 5.88. The maximum atomic E-state index is 6.69. The Labute approximate surface area is 540 Å². The number of rotatable bonds is 10. The average Bonchev–Trinajstić information content (AvgIpc) is 0.772. The first-order valence-electron chi connectivity index (χ1n) is 30.7. The minimum atomic E-state index is -0.608. The van der Waals surface area contributed by atoms with E-state index >= 15 is 0 Å². The Bertz CT molecular complexity index is 4420. The summed E-state index contributed by atoms with van der Waals surface area (Å²) < 4.78 is 0. The van der Waals surface area contributed by atoms with E-state index in [-0.39, 0.29) is 0 Å². The number of para-hydroxylation sites is 2. The summed E-state index contributed by atoms with van der Waals surface area (Å²) >= 11 is 0. The van der Waals surface area contributed by atoms with Crippen molar-refractivity contribution in [2.45, 2.75) is 24.7 Å². The summed E-state index contributed by atoms with van der Waals surface area (Å²) in [6.45, 7) is 4.43. The molecule has 0 heterocycles. The van der Waals surface area contributed by atoms with E-state index in [9.17, 15) is 0 Å². The molecule has 0 fully saturated rings. The molecule has 14 aromatic rings.